The zero-order valence-corrected chi connectivity index (χ0v) is 11.9. The van der Waals surface area contributed by atoms with Gasteiger partial charge in [-0.2, -0.15) is 0 Å². The maximum atomic E-state index is 11.6. The van der Waals surface area contributed by atoms with Crippen molar-refractivity contribution in [3.05, 3.63) is 53.4 Å². The Bertz CT molecular complexity index is 610. The Balaban J connectivity index is 1.69. The van der Waals surface area contributed by atoms with Crippen molar-refractivity contribution in [3.8, 4) is 0 Å². The van der Waals surface area contributed by atoms with E-state index in [1.54, 1.807) is 42.7 Å². The molecule has 0 aliphatic heterocycles. The van der Waals surface area contributed by atoms with Gasteiger partial charge in [0.25, 0.3) is 5.91 Å². The fourth-order valence-corrected chi connectivity index (χ4v) is 1.85. The lowest BCUT2D eigenvalue weighted by molar-refractivity contribution is -0.147. The first-order valence-corrected chi connectivity index (χ1v) is 6.75. The molecule has 1 aromatic carbocycles. The maximum absolute atomic E-state index is 11.6. The molecule has 5 nitrogen and oxygen atoms in total. The highest BCUT2D eigenvalue weighted by Crippen LogP contribution is 2.14. The largest absolute Gasteiger partial charge is 0.469 e. The Morgan fingerprint density at radius 1 is 1.24 bits per heavy atom. The summed E-state index contributed by atoms with van der Waals surface area (Å²) >= 11 is 5.80. The molecule has 2 rings (SSSR count). The molecule has 0 aliphatic carbocycles. The zero-order chi connectivity index (χ0) is 15.1. The molecule has 0 bridgehead atoms. The molecule has 1 heterocycles. The topological polar surface area (TPSA) is 68.5 Å². The highest BCUT2D eigenvalue weighted by atomic mass is 35.5. The average molecular weight is 308 g/mol. The van der Waals surface area contributed by atoms with Crippen LogP contribution in [0, 0.1) is 0 Å². The van der Waals surface area contributed by atoms with Gasteiger partial charge in [-0.15, -0.1) is 0 Å². The van der Waals surface area contributed by atoms with E-state index < -0.39 is 11.9 Å². The Morgan fingerprint density at radius 2 is 2.10 bits per heavy atom. The number of hydrogen-bond acceptors (Lipinski definition) is 4. The zero-order valence-electron chi connectivity index (χ0n) is 11.2. The predicted octanol–water partition coefficient (Wildman–Crippen LogP) is 3.05. The van der Waals surface area contributed by atoms with Crippen molar-refractivity contribution in [1.82, 2.24) is 0 Å². The van der Waals surface area contributed by atoms with E-state index in [0.29, 0.717) is 22.9 Å². The number of aryl methyl sites for hydroxylation is 1. The van der Waals surface area contributed by atoms with Crippen LogP contribution in [0.1, 0.15) is 12.2 Å². The maximum Gasteiger partial charge on any atom is 0.306 e. The van der Waals surface area contributed by atoms with Crippen LogP contribution in [0.5, 0.6) is 0 Å². The van der Waals surface area contributed by atoms with Gasteiger partial charge in [-0.25, -0.2) is 0 Å². The Kier molecular flexibility index (Phi) is 5.40. The molecule has 0 radical (unpaired) electrons. The van der Waals surface area contributed by atoms with E-state index in [-0.39, 0.29) is 13.0 Å². The van der Waals surface area contributed by atoms with Crippen molar-refractivity contribution in [2.24, 2.45) is 0 Å². The predicted molar refractivity (Wildman–Crippen MR) is 78.1 cm³/mol. The third-order valence-electron chi connectivity index (χ3n) is 2.63. The van der Waals surface area contributed by atoms with Crippen LogP contribution in [0.3, 0.4) is 0 Å². The van der Waals surface area contributed by atoms with Gasteiger partial charge < -0.3 is 14.5 Å². The fourth-order valence-electron chi connectivity index (χ4n) is 1.66. The summed E-state index contributed by atoms with van der Waals surface area (Å²) in [5.41, 5.74) is 0.555. The molecule has 110 valence electrons. The fraction of sp³-hybridized carbons (Fsp3) is 0.200. The van der Waals surface area contributed by atoms with Crippen molar-refractivity contribution in [3.63, 3.8) is 0 Å². The number of carbonyl (C=O) groups is 2. The number of nitrogens with one attached hydrogen (secondary N) is 1. The van der Waals surface area contributed by atoms with Crippen LogP contribution in [0.25, 0.3) is 0 Å². The van der Waals surface area contributed by atoms with Gasteiger partial charge in [0.15, 0.2) is 6.61 Å². The first-order valence-electron chi connectivity index (χ1n) is 6.37. The van der Waals surface area contributed by atoms with Gasteiger partial charge >= 0.3 is 5.97 Å². The van der Waals surface area contributed by atoms with E-state index in [1.807, 2.05) is 0 Å². The highest BCUT2D eigenvalue weighted by Gasteiger charge is 2.09. The van der Waals surface area contributed by atoms with Crippen LogP contribution in [0.15, 0.2) is 47.1 Å². The minimum atomic E-state index is -0.451. The molecule has 0 spiro atoms. The van der Waals surface area contributed by atoms with E-state index in [4.69, 9.17) is 20.8 Å². The molecule has 6 heteroatoms. The third kappa shape index (κ3) is 5.31. The van der Waals surface area contributed by atoms with Crippen LogP contribution >= 0.6 is 11.6 Å². The quantitative estimate of drug-likeness (QED) is 0.833. The van der Waals surface area contributed by atoms with Crippen molar-refractivity contribution in [2.45, 2.75) is 12.8 Å². The molecule has 2 aromatic rings. The number of ether oxygens (including phenoxy) is 1. The smallest absolute Gasteiger partial charge is 0.306 e. The standard InChI is InChI=1S/C15H14ClNO4/c16-11-3-1-4-12(9-11)17-14(18)10-21-15(19)7-6-13-5-2-8-20-13/h1-5,8-9H,6-7,10H2,(H,17,18). The third-order valence-corrected chi connectivity index (χ3v) is 2.86. The van der Waals surface area contributed by atoms with Gasteiger partial charge in [0.05, 0.1) is 12.7 Å². The molecule has 0 unspecified atom stereocenters. The SMILES string of the molecule is O=C(COC(=O)CCc1ccco1)Nc1cccc(Cl)c1. The first kappa shape index (κ1) is 15.1. The lowest BCUT2D eigenvalue weighted by Crippen LogP contribution is -2.21. The number of amides is 1. The second-order valence-electron chi connectivity index (χ2n) is 4.30. The first-order chi connectivity index (χ1) is 10.1. The molecule has 0 saturated carbocycles. The number of esters is 1. The van der Waals surface area contributed by atoms with E-state index in [1.165, 1.54) is 0 Å². The van der Waals surface area contributed by atoms with Crippen molar-refractivity contribution < 1.29 is 18.7 Å². The van der Waals surface area contributed by atoms with E-state index >= 15 is 0 Å². The molecule has 1 amide bonds. The average Bonchev–Trinajstić information content (AvgIpc) is 2.96. The second-order valence-corrected chi connectivity index (χ2v) is 4.74. The Labute approximate surface area is 126 Å². The van der Waals surface area contributed by atoms with E-state index in [2.05, 4.69) is 5.32 Å². The number of hydrogen-bond donors (Lipinski definition) is 1. The van der Waals surface area contributed by atoms with E-state index in [0.717, 1.165) is 0 Å². The number of rotatable bonds is 6. The van der Waals surface area contributed by atoms with Crippen molar-refractivity contribution >= 4 is 29.2 Å². The van der Waals surface area contributed by atoms with Crippen LogP contribution < -0.4 is 5.32 Å². The van der Waals surface area contributed by atoms with E-state index in [9.17, 15) is 9.59 Å². The van der Waals surface area contributed by atoms with Crippen molar-refractivity contribution in [2.75, 3.05) is 11.9 Å². The summed E-state index contributed by atoms with van der Waals surface area (Å²) in [7, 11) is 0. The van der Waals surface area contributed by atoms with Crippen molar-refractivity contribution in [1.29, 1.82) is 0 Å². The minimum absolute atomic E-state index is 0.165. The summed E-state index contributed by atoms with van der Waals surface area (Å²) in [4.78, 5) is 23.1. The molecule has 0 saturated heterocycles. The minimum Gasteiger partial charge on any atom is -0.469 e. The van der Waals surface area contributed by atoms with Gasteiger partial charge in [-0.1, -0.05) is 17.7 Å². The summed E-state index contributed by atoms with van der Waals surface area (Å²) in [6.07, 6.45) is 2.15. The molecule has 1 aromatic heterocycles. The monoisotopic (exact) mass is 307 g/mol. The van der Waals surface area contributed by atoms with Gasteiger partial charge in [-0.3, -0.25) is 9.59 Å². The van der Waals surface area contributed by atoms with Gasteiger partial charge in [0.1, 0.15) is 5.76 Å². The highest BCUT2D eigenvalue weighted by molar-refractivity contribution is 6.30. The van der Waals surface area contributed by atoms with Crippen LogP contribution in [-0.4, -0.2) is 18.5 Å². The number of carbonyl (C=O) groups excluding carboxylic acids is 2. The molecule has 0 atom stereocenters. The Hall–Kier alpha value is -2.27. The summed E-state index contributed by atoms with van der Waals surface area (Å²) < 4.78 is 9.98. The molecular weight excluding hydrogens is 294 g/mol. The van der Waals surface area contributed by atoms with Gasteiger partial charge in [-0.05, 0) is 30.3 Å². The molecule has 21 heavy (non-hydrogen) atoms. The molecule has 0 aliphatic rings. The van der Waals surface area contributed by atoms with Gasteiger partial charge in [0.2, 0.25) is 0 Å². The molecular formula is C15H14ClNO4. The summed E-state index contributed by atoms with van der Waals surface area (Å²) in [5.74, 6) is -0.161. The summed E-state index contributed by atoms with van der Waals surface area (Å²) in [6, 6.07) is 10.2. The molecule has 1 N–H and O–H groups in total. The number of benzene rings is 1. The van der Waals surface area contributed by atoms with Gasteiger partial charge in [0, 0.05) is 17.1 Å². The normalized spacial score (nSPS) is 10.1. The van der Waals surface area contributed by atoms with Crippen LogP contribution in [-0.2, 0) is 20.7 Å². The lowest BCUT2D eigenvalue weighted by Gasteiger charge is -2.06. The summed E-state index contributed by atoms with van der Waals surface area (Å²) in [5, 5.41) is 3.11. The Morgan fingerprint density at radius 3 is 2.81 bits per heavy atom. The lowest BCUT2D eigenvalue weighted by atomic mass is 10.2. The molecule has 0 fully saturated rings. The second kappa shape index (κ2) is 7.50. The number of furan rings is 1. The number of anilines is 1. The summed E-state index contributed by atoms with van der Waals surface area (Å²) in [6.45, 7) is -0.330. The van der Waals surface area contributed by atoms with Crippen LogP contribution in [0.4, 0.5) is 5.69 Å². The van der Waals surface area contributed by atoms with Crippen LogP contribution in [0.2, 0.25) is 5.02 Å². The number of halogens is 1.